The number of aromatic nitrogens is 2. The maximum atomic E-state index is 14.2. The predicted molar refractivity (Wildman–Crippen MR) is 178 cm³/mol. The van der Waals surface area contributed by atoms with Crippen LogP contribution in [0.1, 0.15) is 96.6 Å². The number of alkyl halides is 5. The van der Waals surface area contributed by atoms with Crippen LogP contribution >= 0.6 is 0 Å². The zero-order chi connectivity index (χ0) is 35.2. The van der Waals surface area contributed by atoms with Crippen LogP contribution in [0.5, 0.6) is 0 Å². The molecule has 2 N–H and O–H groups in total. The van der Waals surface area contributed by atoms with Gasteiger partial charge in [-0.2, -0.15) is 13.2 Å². The highest BCUT2D eigenvalue weighted by atomic mass is 32.2. The molecule has 0 spiro atoms. The SMILES string of the molecule is CC(C)(C)[S+]([O-])N[C@@H](CC(C)(C)C(F)(F)F)c1nc2ccc([C@H](NC(=O)CC3CC(F)(F)C3)C3CC3)cc2n1COCC[Si](C)(C)C. The number of ether oxygens (including phenoxy) is 1. The quantitative estimate of drug-likeness (QED) is 0.0840. The van der Waals surface area contributed by atoms with E-state index in [0.717, 1.165) is 38.3 Å². The zero-order valence-corrected chi connectivity index (χ0v) is 30.6. The van der Waals surface area contributed by atoms with Crippen molar-refractivity contribution in [1.82, 2.24) is 19.6 Å². The van der Waals surface area contributed by atoms with Gasteiger partial charge in [-0.15, -0.1) is 4.72 Å². The van der Waals surface area contributed by atoms with E-state index in [1.54, 1.807) is 31.4 Å². The van der Waals surface area contributed by atoms with E-state index in [0.29, 0.717) is 17.6 Å². The second-order valence-electron chi connectivity index (χ2n) is 16.3. The first-order valence-electron chi connectivity index (χ1n) is 16.5. The van der Waals surface area contributed by atoms with Crippen LogP contribution in [0.15, 0.2) is 18.2 Å². The Kier molecular flexibility index (Phi) is 11.2. The molecule has 0 radical (unpaired) electrons. The van der Waals surface area contributed by atoms with E-state index in [4.69, 9.17) is 9.72 Å². The smallest absolute Gasteiger partial charge is 0.394 e. The fourth-order valence-corrected chi connectivity index (χ4v) is 7.29. The van der Waals surface area contributed by atoms with Crippen LogP contribution in [0.4, 0.5) is 22.0 Å². The van der Waals surface area contributed by atoms with Gasteiger partial charge in [0.25, 0.3) is 0 Å². The molecule has 266 valence electrons. The number of rotatable bonds is 15. The number of hydrogen-bond acceptors (Lipinski definition) is 5. The summed E-state index contributed by atoms with van der Waals surface area (Å²) in [6.45, 7) is 14.7. The third-order valence-electron chi connectivity index (χ3n) is 9.04. The predicted octanol–water partition coefficient (Wildman–Crippen LogP) is 8.42. The molecule has 2 aliphatic carbocycles. The minimum Gasteiger partial charge on any atom is -0.598 e. The second-order valence-corrected chi connectivity index (χ2v) is 24.0. The molecule has 4 rings (SSSR count). The summed E-state index contributed by atoms with van der Waals surface area (Å²) in [6.07, 6.45) is -3.62. The van der Waals surface area contributed by atoms with E-state index in [1.807, 2.05) is 12.1 Å². The largest absolute Gasteiger partial charge is 0.598 e. The van der Waals surface area contributed by atoms with Gasteiger partial charge in [-0.1, -0.05) is 39.6 Å². The number of fused-ring (bicyclic) bond motifs is 1. The van der Waals surface area contributed by atoms with E-state index in [9.17, 15) is 31.3 Å². The Hall–Kier alpha value is -1.74. The van der Waals surface area contributed by atoms with Gasteiger partial charge in [0.05, 0.1) is 22.5 Å². The summed E-state index contributed by atoms with van der Waals surface area (Å²) >= 11 is -1.70. The summed E-state index contributed by atoms with van der Waals surface area (Å²) in [5.41, 5.74) is -0.151. The van der Waals surface area contributed by atoms with Crippen molar-refractivity contribution in [3.63, 3.8) is 0 Å². The summed E-state index contributed by atoms with van der Waals surface area (Å²) < 4.78 is 92.8. The van der Waals surface area contributed by atoms with Crippen molar-refractivity contribution >= 4 is 36.4 Å². The molecule has 7 nitrogen and oxygen atoms in total. The number of halogens is 5. The lowest BCUT2D eigenvalue weighted by molar-refractivity contribution is -0.215. The van der Waals surface area contributed by atoms with E-state index in [-0.39, 0.29) is 55.6 Å². The Labute approximate surface area is 279 Å². The molecule has 14 heteroatoms. The highest BCUT2D eigenvalue weighted by Crippen LogP contribution is 2.46. The van der Waals surface area contributed by atoms with Gasteiger partial charge in [-0.25, -0.2) is 13.8 Å². The second kappa shape index (κ2) is 13.9. The highest BCUT2D eigenvalue weighted by molar-refractivity contribution is 7.90. The van der Waals surface area contributed by atoms with Crippen LogP contribution < -0.4 is 10.0 Å². The Morgan fingerprint density at radius 1 is 1.15 bits per heavy atom. The van der Waals surface area contributed by atoms with Crippen molar-refractivity contribution in [3.05, 3.63) is 29.6 Å². The molecule has 1 amide bonds. The molecular formula is C33H51F5N4O3SSi. The summed E-state index contributed by atoms with van der Waals surface area (Å²) in [6, 6.07) is 5.06. The molecule has 1 unspecified atom stereocenters. The van der Waals surface area contributed by atoms with Crippen molar-refractivity contribution in [3.8, 4) is 0 Å². The summed E-state index contributed by atoms with van der Waals surface area (Å²) in [7, 11) is -1.44. The third kappa shape index (κ3) is 10.1. The maximum Gasteiger partial charge on any atom is 0.394 e. The van der Waals surface area contributed by atoms with Crippen LogP contribution in [0.3, 0.4) is 0 Å². The number of nitrogens with zero attached hydrogens (tertiary/aromatic N) is 2. The van der Waals surface area contributed by atoms with Crippen LogP contribution in [-0.4, -0.2) is 51.5 Å². The summed E-state index contributed by atoms with van der Waals surface area (Å²) in [4.78, 5) is 17.7. The average Bonchev–Trinajstić information content (AvgIpc) is 3.67. The van der Waals surface area contributed by atoms with Crippen LogP contribution in [0.25, 0.3) is 11.0 Å². The van der Waals surface area contributed by atoms with Gasteiger partial charge in [0, 0.05) is 45.3 Å². The van der Waals surface area contributed by atoms with Crippen molar-refractivity contribution < 1.29 is 36.0 Å². The average molecular weight is 707 g/mol. The minimum atomic E-state index is -4.51. The Bertz CT molecular complexity index is 1390. The Morgan fingerprint density at radius 3 is 2.32 bits per heavy atom. The van der Waals surface area contributed by atoms with Crippen molar-refractivity contribution in [2.75, 3.05) is 6.61 Å². The normalized spacial score (nSPS) is 19.8. The highest BCUT2D eigenvalue weighted by Gasteiger charge is 2.50. The van der Waals surface area contributed by atoms with Gasteiger partial charge >= 0.3 is 6.18 Å². The number of carbonyl (C=O) groups is 1. The minimum absolute atomic E-state index is 0.0306. The van der Waals surface area contributed by atoms with E-state index < -0.39 is 54.2 Å². The van der Waals surface area contributed by atoms with E-state index in [1.165, 1.54) is 0 Å². The van der Waals surface area contributed by atoms with Gasteiger partial charge in [-0.3, -0.25) is 4.79 Å². The standard InChI is InChI=1S/C33H51F5N4O3SSi/c1-30(2,3)46(44)41-25(19-31(4,5)33(36,37)38)29-39-24-12-11-23(16-26(24)42(29)20-45-13-14-47(6,7)8)28(22-9-10-22)40-27(43)15-21-17-32(34,35)18-21/h11-12,16,21-22,25,28,41H,9-10,13-15,17-20H2,1-8H3,(H,40,43)/t25-,28+,46?/m0/s1. The van der Waals surface area contributed by atoms with Gasteiger partial charge in [0.2, 0.25) is 11.8 Å². The molecular weight excluding hydrogens is 656 g/mol. The number of benzene rings is 1. The Morgan fingerprint density at radius 2 is 1.79 bits per heavy atom. The van der Waals surface area contributed by atoms with Crippen LogP contribution in [-0.2, 0) is 27.6 Å². The first-order chi connectivity index (χ1) is 21.5. The molecule has 1 heterocycles. The van der Waals surface area contributed by atoms with Gasteiger partial charge in [-0.05, 0) is 75.6 Å². The summed E-state index contributed by atoms with van der Waals surface area (Å²) in [5, 5.41) is 3.08. The van der Waals surface area contributed by atoms with E-state index in [2.05, 4.69) is 29.7 Å². The summed E-state index contributed by atoms with van der Waals surface area (Å²) in [5.74, 6) is -2.82. The lowest BCUT2D eigenvalue weighted by Crippen LogP contribution is -2.45. The molecule has 2 aromatic rings. The number of carbonyl (C=O) groups excluding carboxylic acids is 1. The number of imidazole rings is 1. The van der Waals surface area contributed by atoms with Gasteiger partial charge < -0.3 is 19.2 Å². The van der Waals surface area contributed by atoms with Gasteiger partial charge in [0.15, 0.2) is 0 Å². The molecule has 1 aromatic heterocycles. The number of nitrogens with one attached hydrogen (secondary N) is 2. The third-order valence-corrected chi connectivity index (χ3v) is 12.4. The zero-order valence-electron chi connectivity index (χ0n) is 28.8. The van der Waals surface area contributed by atoms with Crippen LogP contribution in [0.2, 0.25) is 25.7 Å². The Balaban J connectivity index is 1.72. The molecule has 2 fully saturated rings. The van der Waals surface area contributed by atoms with Crippen LogP contribution in [0, 0.1) is 17.3 Å². The first kappa shape index (κ1) is 38.1. The molecule has 47 heavy (non-hydrogen) atoms. The molecule has 2 saturated carbocycles. The fraction of sp³-hybridized carbons (Fsp3) is 0.758. The van der Waals surface area contributed by atoms with Crippen molar-refractivity contribution in [2.45, 2.75) is 134 Å². The van der Waals surface area contributed by atoms with Gasteiger partial charge in [0.1, 0.15) is 23.3 Å². The molecule has 1 aromatic carbocycles. The van der Waals surface area contributed by atoms with Crippen molar-refractivity contribution in [1.29, 1.82) is 0 Å². The topological polar surface area (TPSA) is 91.2 Å². The lowest BCUT2D eigenvalue weighted by Gasteiger charge is -2.34. The molecule has 3 atom stereocenters. The number of hydrogen-bond donors (Lipinski definition) is 2. The first-order valence-corrected chi connectivity index (χ1v) is 21.3. The van der Waals surface area contributed by atoms with E-state index >= 15 is 0 Å². The monoisotopic (exact) mass is 706 g/mol. The van der Waals surface area contributed by atoms with Crippen molar-refractivity contribution in [2.24, 2.45) is 17.3 Å². The molecule has 2 aliphatic rings. The fourth-order valence-electron chi connectivity index (χ4n) is 5.73. The molecule has 0 bridgehead atoms. The molecule has 0 aliphatic heterocycles. The molecule has 0 saturated heterocycles. The maximum absolute atomic E-state index is 14.2. The number of amides is 1. The lowest BCUT2D eigenvalue weighted by atomic mass is 9.79.